The molecule has 1 aromatic rings. The molecule has 4 nitrogen and oxygen atoms in total. The van der Waals surface area contributed by atoms with Crippen molar-refractivity contribution in [1.82, 2.24) is 0 Å². The van der Waals surface area contributed by atoms with Gasteiger partial charge in [-0.2, -0.15) is 0 Å². The van der Waals surface area contributed by atoms with Crippen molar-refractivity contribution in [2.75, 3.05) is 0 Å². The number of hydrogen-bond acceptors (Lipinski definition) is 4. The zero-order valence-electron chi connectivity index (χ0n) is 10.6. The topological polar surface area (TPSA) is 60.4 Å². The van der Waals surface area contributed by atoms with E-state index in [0.717, 1.165) is 6.08 Å². The molecular formula is C15H11ClO4. The first-order valence-corrected chi connectivity index (χ1v) is 6.26. The van der Waals surface area contributed by atoms with Gasteiger partial charge in [0, 0.05) is 11.1 Å². The van der Waals surface area contributed by atoms with Gasteiger partial charge in [-0.15, -0.1) is 0 Å². The summed E-state index contributed by atoms with van der Waals surface area (Å²) >= 11 is 5.82. The van der Waals surface area contributed by atoms with Gasteiger partial charge in [-0.1, -0.05) is 29.8 Å². The van der Waals surface area contributed by atoms with Crippen molar-refractivity contribution < 1.29 is 19.1 Å². The second-order valence-electron chi connectivity index (χ2n) is 4.30. The predicted octanol–water partition coefficient (Wildman–Crippen LogP) is 2.57. The first-order valence-electron chi connectivity index (χ1n) is 5.89. The van der Waals surface area contributed by atoms with Gasteiger partial charge in [-0.3, -0.25) is 14.4 Å². The van der Waals surface area contributed by atoms with Crippen molar-refractivity contribution >= 4 is 35.2 Å². The Morgan fingerprint density at radius 2 is 2.10 bits per heavy atom. The number of hydrogen-bond donors (Lipinski definition) is 0. The monoisotopic (exact) mass is 290 g/mol. The van der Waals surface area contributed by atoms with E-state index in [-0.39, 0.29) is 5.76 Å². The number of rotatable bonds is 3. The third-order valence-corrected chi connectivity index (χ3v) is 2.94. The van der Waals surface area contributed by atoms with Crippen molar-refractivity contribution in [1.29, 1.82) is 0 Å². The molecule has 5 heteroatoms. The number of carbonyl (C=O) groups is 3. The van der Waals surface area contributed by atoms with Crippen molar-refractivity contribution in [2.24, 2.45) is 5.92 Å². The maximum atomic E-state index is 11.9. The Bertz CT molecular complexity index is 643. The van der Waals surface area contributed by atoms with E-state index < -0.39 is 23.5 Å². The summed E-state index contributed by atoms with van der Waals surface area (Å²) in [5, 5.41) is 0.534. The van der Waals surface area contributed by atoms with E-state index in [1.54, 1.807) is 24.3 Å². The largest absolute Gasteiger partial charge is 0.430 e. The average molecular weight is 291 g/mol. The molecule has 1 heterocycles. The van der Waals surface area contributed by atoms with E-state index in [0.29, 0.717) is 10.6 Å². The van der Waals surface area contributed by atoms with Gasteiger partial charge < -0.3 is 4.74 Å². The van der Waals surface area contributed by atoms with Gasteiger partial charge >= 0.3 is 5.97 Å². The molecule has 0 aliphatic carbocycles. The smallest absolute Gasteiger partial charge is 0.329 e. The maximum absolute atomic E-state index is 11.9. The molecule has 0 aromatic heterocycles. The van der Waals surface area contributed by atoms with Crippen LogP contribution in [0, 0.1) is 5.92 Å². The summed E-state index contributed by atoms with van der Waals surface area (Å²) in [5.41, 5.74) is 0.703. The number of ether oxygens (including phenoxy) is 1. The molecule has 0 bridgehead atoms. The molecule has 0 radical (unpaired) electrons. The van der Waals surface area contributed by atoms with E-state index in [9.17, 15) is 14.4 Å². The number of carbonyl (C=O) groups excluding carboxylic acids is 3. The highest BCUT2D eigenvalue weighted by atomic mass is 35.5. The Hall–Kier alpha value is -2.20. The van der Waals surface area contributed by atoms with Crippen molar-refractivity contribution in [2.45, 2.75) is 6.92 Å². The fraction of sp³-hybridized carbons (Fsp3) is 0.133. The molecule has 1 aliphatic rings. The number of ketones is 2. The van der Waals surface area contributed by atoms with Crippen LogP contribution in [-0.2, 0) is 19.1 Å². The van der Waals surface area contributed by atoms with Gasteiger partial charge in [0.1, 0.15) is 5.76 Å². The fourth-order valence-electron chi connectivity index (χ4n) is 1.79. The molecule has 0 saturated heterocycles. The Kier molecular flexibility index (Phi) is 4.15. The van der Waals surface area contributed by atoms with E-state index in [1.165, 1.54) is 19.1 Å². The lowest BCUT2D eigenvalue weighted by atomic mass is 9.96. The van der Waals surface area contributed by atoms with Gasteiger partial charge in [-0.05, 0) is 30.7 Å². The molecule has 0 N–H and O–H groups in total. The molecule has 102 valence electrons. The molecule has 20 heavy (non-hydrogen) atoms. The van der Waals surface area contributed by atoms with Crippen LogP contribution in [0.4, 0.5) is 0 Å². The van der Waals surface area contributed by atoms with E-state index >= 15 is 0 Å². The Balaban J connectivity index is 2.16. The van der Waals surface area contributed by atoms with Crippen LogP contribution in [-0.4, -0.2) is 17.5 Å². The minimum absolute atomic E-state index is 0.197. The first-order chi connectivity index (χ1) is 9.47. The summed E-state index contributed by atoms with van der Waals surface area (Å²) in [7, 11) is 0. The molecule has 2 rings (SSSR count). The average Bonchev–Trinajstić information content (AvgIpc) is 2.35. The maximum Gasteiger partial charge on any atom is 0.329 e. The summed E-state index contributed by atoms with van der Waals surface area (Å²) in [6.45, 7) is 1.48. The summed E-state index contributed by atoms with van der Waals surface area (Å²) in [5.74, 6) is -3.21. The van der Waals surface area contributed by atoms with E-state index in [2.05, 4.69) is 0 Å². The normalized spacial score (nSPS) is 18.9. The summed E-state index contributed by atoms with van der Waals surface area (Å²) in [4.78, 5) is 35.1. The summed E-state index contributed by atoms with van der Waals surface area (Å²) in [6, 6.07) is 6.85. The van der Waals surface area contributed by atoms with Gasteiger partial charge in [0.25, 0.3) is 0 Å². The molecule has 0 amide bonds. The fourth-order valence-corrected chi connectivity index (χ4v) is 1.99. The third kappa shape index (κ3) is 3.22. The van der Waals surface area contributed by atoms with Crippen LogP contribution >= 0.6 is 11.6 Å². The first kappa shape index (κ1) is 14.2. The van der Waals surface area contributed by atoms with Crippen LogP contribution in [0.15, 0.2) is 42.2 Å². The van der Waals surface area contributed by atoms with E-state index in [1.807, 2.05) is 0 Å². The van der Waals surface area contributed by atoms with Gasteiger partial charge in [0.2, 0.25) is 0 Å². The number of halogens is 1. The van der Waals surface area contributed by atoms with Crippen LogP contribution < -0.4 is 0 Å². The van der Waals surface area contributed by atoms with Crippen LogP contribution in [0.3, 0.4) is 0 Å². The van der Waals surface area contributed by atoms with Crippen LogP contribution in [0.2, 0.25) is 5.02 Å². The highest BCUT2D eigenvalue weighted by Gasteiger charge is 2.36. The van der Waals surface area contributed by atoms with Crippen molar-refractivity contribution in [3.05, 3.63) is 52.8 Å². The number of cyclic esters (lactones) is 1. The third-order valence-electron chi connectivity index (χ3n) is 2.70. The number of benzene rings is 1. The molecular weight excluding hydrogens is 280 g/mol. The lowest BCUT2D eigenvalue weighted by molar-refractivity contribution is -0.151. The standard InChI is InChI=1S/C15H11ClO4/c1-9-7-13(18)14(15(19)20-9)12(17)6-5-10-3-2-4-11(16)8-10/h2-8,14H,1H3/b6-5+. The van der Waals surface area contributed by atoms with Crippen LogP contribution in [0.25, 0.3) is 6.08 Å². The SMILES string of the molecule is CC1=CC(=O)C(C(=O)/C=C/c2cccc(Cl)c2)C(=O)O1. The number of esters is 1. The molecule has 0 spiro atoms. The molecule has 1 aromatic carbocycles. The van der Waals surface area contributed by atoms with Gasteiger partial charge in [-0.25, -0.2) is 0 Å². The molecule has 1 unspecified atom stereocenters. The lowest BCUT2D eigenvalue weighted by Crippen LogP contribution is -2.34. The van der Waals surface area contributed by atoms with Crippen LogP contribution in [0.5, 0.6) is 0 Å². The Morgan fingerprint density at radius 3 is 2.75 bits per heavy atom. The Labute approximate surface area is 120 Å². The summed E-state index contributed by atoms with van der Waals surface area (Å²) in [6.07, 6.45) is 3.83. The molecule has 1 atom stereocenters. The second kappa shape index (κ2) is 5.84. The van der Waals surface area contributed by atoms with Gasteiger partial charge in [0.05, 0.1) is 0 Å². The zero-order chi connectivity index (χ0) is 14.7. The molecule has 0 fully saturated rings. The quantitative estimate of drug-likeness (QED) is 0.488. The summed E-state index contributed by atoms with van der Waals surface area (Å²) < 4.78 is 4.79. The zero-order valence-corrected chi connectivity index (χ0v) is 11.4. The van der Waals surface area contributed by atoms with Crippen molar-refractivity contribution in [3.8, 4) is 0 Å². The highest BCUT2D eigenvalue weighted by Crippen LogP contribution is 2.17. The Morgan fingerprint density at radius 1 is 1.35 bits per heavy atom. The van der Waals surface area contributed by atoms with Crippen molar-refractivity contribution in [3.63, 3.8) is 0 Å². The highest BCUT2D eigenvalue weighted by molar-refractivity contribution is 6.30. The lowest BCUT2D eigenvalue weighted by Gasteiger charge is -2.15. The molecule has 0 saturated carbocycles. The van der Waals surface area contributed by atoms with Gasteiger partial charge in [0.15, 0.2) is 17.5 Å². The minimum atomic E-state index is -1.41. The molecule has 1 aliphatic heterocycles. The predicted molar refractivity (Wildman–Crippen MR) is 73.8 cm³/mol. The number of allylic oxidation sites excluding steroid dienone is 3. The van der Waals surface area contributed by atoms with E-state index in [4.69, 9.17) is 16.3 Å². The minimum Gasteiger partial charge on any atom is -0.430 e. The van der Waals surface area contributed by atoms with Crippen LogP contribution in [0.1, 0.15) is 12.5 Å². The second-order valence-corrected chi connectivity index (χ2v) is 4.74.